The molecule has 2 aromatic rings. The predicted molar refractivity (Wildman–Crippen MR) is 80.8 cm³/mol. The number of benzene rings is 1. The fraction of sp³-hybridized carbons (Fsp3) is 0.312. The van der Waals surface area contributed by atoms with Crippen LogP contribution in [0.3, 0.4) is 0 Å². The molecule has 1 aromatic carbocycles. The van der Waals surface area contributed by atoms with E-state index in [1.807, 2.05) is 4.57 Å². The molecule has 1 aliphatic heterocycles. The second kappa shape index (κ2) is 6.03. The number of rotatable bonds is 5. The third kappa shape index (κ3) is 2.86. The van der Waals surface area contributed by atoms with Crippen molar-refractivity contribution in [1.29, 1.82) is 0 Å². The molecule has 126 valence electrons. The number of amides is 3. The number of hydrogen-bond acceptors (Lipinski definition) is 3. The van der Waals surface area contributed by atoms with Gasteiger partial charge >= 0.3 is 6.03 Å². The molecule has 2 heterocycles. The molecule has 3 rings (SSSR count). The molecule has 0 radical (unpaired) electrons. The highest BCUT2D eigenvalue weighted by molar-refractivity contribution is 6.07. The summed E-state index contributed by atoms with van der Waals surface area (Å²) in [5.74, 6) is -2.12. The Morgan fingerprint density at radius 1 is 1.17 bits per heavy atom. The van der Waals surface area contributed by atoms with Crippen molar-refractivity contribution >= 4 is 11.9 Å². The Balaban J connectivity index is 1.75. The topological polar surface area (TPSA) is 67.2 Å². The monoisotopic (exact) mass is 334 g/mol. The number of carbonyl (C=O) groups excluding carboxylic acids is 2. The Morgan fingerprint density at radius 2 is 1.88 bits per heavy atom. The zero-order valence-electron chi connectivity index (χ0n) is 13.0. The highest BCUT2D eigenvalue weighted by Crippen LogP contribution is 2.30. The van der Waals surface area contributed by atoms with Gasteiger partial charge in [0.1, 0.15) is 17.2 Å². The average molecular weight is 334 g/mol. The molecule has 24 heavy (non-hydrogen) atoms. The van der Waals surface area contributed by atoms with Crippen molar-refractivity contribution < 1.29 is 18.4 Å². The lowest BCUT2D eigenvalue weighted by atomic mass is 9.92. The number of aryl methyl sites for hydroxylation is 1. The van der Waals surface area contributed by atoms with Crippen LogP contribution in [0, 0.1) is 11.6 Å². The Hall–Kier alpha value is -2.77. The first-order valence-electron chi connectivity index (χ1n) is 7.46. The van der Waals surface area contributed by atoms with Crippen molar-refractivity contribution in [3.05, 3.63) is 54.1 Å². The maximum atomic E-state index is 13.4. The van der Waals surface area contributed by atoms with Crippen LogP contribution in [0.5, 0.6) is 0 Å². The minimum absolute atomic E-state index is 0.0791. The lowest BCUT2D eigenvalue weighted by Gasteiger charge is -2.22. The van der Waals surface area contributed by atoms with Gasteiger partial charge in [-0.3, -0.25) is 9.69 Å². The van der Waals surface area contributed by atoms with Crippen LogP contribution in [0.2, 0.25) is 0 Å². The van der Waals surface area contributed by atoms with Crippen LogP contribution >= 0.6 is 0 Å². The molecule has 1 saturated heterocycles. The summed E-state index contributed by atoms with van der Waals surface area (Å²) in [5, 5.41) is 2.53. The first-order chi connectivity index (χ1) is 11.4. The smallest absolute Gasteiger partial charge is 0.325 e. The quantitative estimate of drug-likeness (QED) is 0.851. The second-order valence-corrected chi connectivity index (χ2v) is 5.82. The van der Waals surface area contributed by atoms with Crippen LogP contribution < -0.4 is 5.32 Å². The van der Waals surface area contributed by atoms with E-state index < -0.39 is 29.1 Å². The number of aromatic nitrogens is 2. The second-order valence-electron chi connectivity index (χ2n) is 5.82. The number of carbonyl (C=O) groups is 2. The molecule has 6 nitrogen and oxygen atoms in total. The number of hydrogen-bond donors (Lipinski definition) is 1. The van der Waals surface area contributed by atoms with Crippen LogP contribution in [-0.2, 0) is 16.9 Å². The highest BCUT2D eigenvalue weighted by Gasteiger charge is 2.49. The van der Waals surface area contributed by atoms with Crippen LogP contribution in [0.15, 0.2) is 36.9 Å². The Kier molecular flexibility index (Phi) is 4.04. The summed E-state index contributed by atoms with van der Waals surface area (Å²) < 4.78 is 28.7. The van der Waals surface area contributed by atoms with Crippen molar-refractivity contribution in [2.45, 2.75) is 25.4 Å². The van der Waals surface area contributed by atoms with Gasteiger partial charge in [-0.1, -0.05) is 0 Å². The molecule has 1 aliphatic rings. The van der Waals surface area contributed by atoms with Crippen LogP contribution in [0.4, 0.5) is 13.6 Å². The summed E-state index contributed by atoms with van der Waals surface area (Å²) in [4.78, 5) is 29.7. The fourth-order valence-corrected chi connectivity index (χ4v) is 2.77. The first kappa shape index (κ1) is 16.1. The molecular weight excluding hydrogens is 318 g/mol. The van der Waals surface area contributed by atoms with Gasteiger partial charge in [-0.2, -0.15) is 0 Å². The predicted octanol–water partition coefficient (Wildman–Crippen LogP) is 2.02. The summed E-state index contributed by atoms with van der Waals surface area (Å²) in [6.45, 7) is 2.25. The minimum Gasteiger partial charge on any atom is -0.337 e. The molecule has 0 aliphatic carbocycles. The molecule has 1 atom stereocenters. The van der Waals surface area contributed by atoms with Crippen LogP contribution in [0.1, 0.15) is 18.9 Å². The first-order valence-corrected chi connectivity index (χ1v) is 7.46. The van der Waals surface area contributed by atoms with E-state index in [-0.39, 0.29) is 12.1 Å². The van der Waals surface area contributed by atoms with Crippen molar-refractivity contribution in [1.82, 2.24) is 19.8 Å². The van der Waals surface area contributed by atoms with Crippen molar-refractivity contribution in [2.24, 2.45) is 0 Å². The zero-order chi connectivity index (χ0) is 17.3. The largest absolute Gasteiger partial charge is 0.337 e. The van der Waals surface area contributed by atoms with Gasteiger partial charge in [0, 0.05) is 31.5 Å². The number of urea groups is 1. The molecular formula is C16H16F2N4O2. The summed E-state index contributed by atoms with van der Waals surface area (Å²) in [6, 6.07) is 2.25. The number of halogens is 2. The van der Waals surface area contributed by atoms with E-state index in [1.165, 1.54) is 6.92 Å². The summed E-state index contributed by atoms with van der Waals surface area (Å²) >= 11 is 0. The van der Waals surface area contributed by atoms with Gasteiger partial charge in [0.2, 0.25) is 0 Å². The van der Waals surface area contributed by atoms with Gasteiger partial charge in [0.05, 0.1) is 6.33 Å². The van der Waals surface area contributed by atoms with E-state index in [4.69, 9.17) is 0 Å². The minimum atomic E-state index is -1.48. The Bertz CT molecular complexity index is 758. The maximum absolute atomic E-state index is 13.4. The van der Waals surface area contributed by atoms with E-state index in [1.54, 1.807) is 18.7 Å². The highest BCUT2D eigenvalue weighted by atomic mass is 19.1. The molecule has 0 saturated carbocycles. The molecule has 1 fully saturated rings. The Labute approximate surface area is 137 Å². The van der Waals surface area contributed by atoms with E-state index in [0.717, 1.165) is 23.1 Å². The van der Waals surface area contributed by atoms with Crippen molar-refractivity contribution in [3.8, 4) is 0 Å². The molecule has 8 heteroatoms. The molecule has 1 aromatic heterocycles. The Morgan fingerprint density at radius 3 is 2.50 bits per heavy atom. The SMILES string of the molecule is C[C@@]1(c2cc(F)cc(F)c2)NC(=O)N(CCCn2ccnc2)C1=O. The summed E-state index contributed by atoms with van der Waals surface area (Å²) in [5.41, 5.74) is -1.40. The molecule has 3 amide bonds. The molecule has 0 bridgehead atoms. The van der Waals surface area contributed by atoms with Crippen LogP contribution in [-0.4, -0.2) is 32.9 Å². The zero-order valence-corrected chi connectivity index (χ0v) is 13.0. The lowest BCUT2D eigenvalue weighted by molar-refractivity contribution is -0.131. The number of nitrogens with zero attached hydrogens (tertiary/aromatic N) is 3. The van der Waals surface area contributed by atoms with Gasteiger partial charge < -0.3 is 9.88 Å². The lowest BCUT2D eigenvalue weighted by Crippen LogP contribution is -2.41. The number of imidazole rings is 1. The number of imide groups is 1. The summed E-state index contributed by atoms with van der Waals surface area (Å²) in [7, 11) is 0. The average Bonchev–Trinajstić information content (AvgIpc) is 3.09. The van der Waals surface area contributed by atoms with Crippen LogP contribution in [0.25, 0.3) is 0 Å². The molecule has 0 spiro atoms. The van der Waals surface area contributed by atoms with Crippen molar-refractivity contribution in [3.63, 3.8) is 0 Å². The fourth-order valence-electron chi connectivity index (χ4n) is 2.77. The van der Waals surface area contributed by atoms with Gasteiger partial charge in [0.15, 0.2) is 0 Å². The number of nitrogens with one attached hydrogen (secondary N) is 1. The molecule has 1 N–H and O–H groups in total. The van der Waals surface area contributed by atoms with Gasteiger partial charge in [0.25, 0.3) is 5.91 Å². The van der Waals surface area contributed by atoms with E-state index in [0.29, 0.717) is 13.0 Å². The normalized spacial score (nSPS) is 20.5. The van der Waals surface area contributed by atoms with E-state index in [2.05, 4.69) is 10.3 Å². The third-order valence-corrected chi connectivity index (χ3v) is 4.07. The van der Waals surface area contributed by atoms with Crippen molar-refractivity contribution in [2.75, 3.05) is 6.54 Å². The van der Waals surface area contributed by atoms with Gasteiger partial charge in [-0.05, 0) is 31.0 Å². The summed E-state index contributed by atoms with van der Waals surface area (Å²) in [6.07, 6.45) is 5.61. The van der Waals surface area contributed by atoms with E-state index >= 15 is 0 Å². The van der Waals surface area contributed by atoms with E-state index in [9.17, 15) is 18.4 Å². The molecule has 0 unspecified atom stereocenters. The van der Waals surface area contributed by atoms with Gasteiger partial charge in [-0.25, -0.2) is 18.6 Å². The standard InChI is InChI=1S/C16H16F2N4O2/c1-16(11-7-12(17)9-13(18)8-11)14(23)22(15(24)20-16)5-2-4-21-6-3-19-10-21/h3,6-10H,2,4-5H2,1H3,(H,20,24)/t16-/m0/s1. The maximum Gasteiger partial charge on any atom is 0.325 e. The third-order valence-electron chi connectivity index (χ3n) is 4.07. The van der Waals surface area contributed by atoms with Gasteiger partial charge in [-0.15, -0.1) is 0 Å².